The lowest BCUT2D eigenvalue weighted by molar-refractivity contribution is -0.141. The van der Waals surface area contributed by atoms with Gasteiger partial charge in [-0.3, -0.25) is 0 Å². The first-order valence-electron chi connectivity index (χ1n) is 3.46. The Morgan fingerprint density at radius 1 is 1.36 bits per heavy atom. The second kappa shape index (κ2) is 3.85. The van der Waals surface area contributed by atoms with Gasteiger partial charge in [-0.2, -0.15) is 0 Å². The predicted molar refractivity (Wildman–Crippen MR) is 39.2 cm³/mol. The van der Waals surface area contributed by atoms with Crippen molar-refractivity contribution in [1.82, 2.24) is 0 Å². The molecule has 1 aliphatic rings. The zero-order chi connectivity index (χ0) is 9.02. The SMILES string of the molecule is CC.CC1OC(=O)C(O)=C1O. The van der Waals surface area contributed by atoms with Crippen molar-refractivity contribution in [3.63, 3.8) is 0 Å². The number of ether oxygens (including phenoxy) is 1. The van der Waals surface area contributed by atoms with E-state index in [0.29, 0.717) is 0 Å². The molecule has 1 aliphatic heterocycles. The summed E-state index contributed by atoms with van der Waals surface area (Å²) in [6, 6.07) is 0. The van der Waals surface area contributed by atoms with E-state index in [1.54, 1.807) is 0 Å². The minimum absolute atomic E-state index is 0.389. The summed E-state index contributed by atoms with van der Waals surface area (Å²) < 4.78 is 4.37. The van der Waals surface area contributed by atoms with Crippen molar-refractivity contribution >= 4 is 5.97 Å². The number of aliphatic hydroxyl groups excluding tert-OH is 2. The number of rotatable bonds is 0. The standard InChI is InChI=1S/C5H6O4.C2H6/c1-2-3(6)4(7)5(8)9-2;1-2/h2,6-7H,1H3;1-2H3. The minimum Gasteiger partial charge on any atom is -0.505 e. The lowest BCUT2D eigenvalue weighted by atomic mass is 10.3. The maximum atomic E-state index is 10.3. The predicted octanol–water partition coefficient (Wildman–Crippen LogP) is 1.29. The average Bonchev–Trinajstić information content (AvgIpc) is 2.22. The van der Waals surface area contributed by atoms with Crippen LogP contribution in [0.3, 0.4) is 0 Å². The fourth-order valence-corrected chi connectivity index (χ4v) is 0.569. The molecule has 4 heteroatoms. The molecule has 1 atom stereocenters. The zero-order valence-electron chi connectivity index (χ0n) is 6.79. The quantitative estimate of drug-likeness (QED) is 0.524. The van der Waals surface area contributed by atoms with Crippen molar-refractivity contribution in [3.8, 4) is 0 Å². The fraction of sp³-hybridized carbons (Fsp3) is 0.571. The molecule has 0 fully saturated rings. The van der Waals surface area contributed by atoms with Gasteiger partial charge in [0.25, 0.3) is 0 Å². The molecule has 0 aromatic carbocycles. The van der Waals surface area contributed by atoms with Crippen LogP contribution < -0.4 is 0 Å². The number of aliphatic hydroxyl groups is 2. The summed E-state index contributed by atoms with van der Waals surface area (Å²) >= 11 is 0. The zero-order valence-corrected chi connectivity index (χ0v) is 6.79. The van der Waals surface area contributed by atoms with Crippen LogP contribution in [-0.4, -0.2) is 22.3 Å². The minimum atomic E-state index is -0.861. The van der Waals surface area contributed by atoms with Crippen LogP contribution >= 0.6 is 0 Å². The summed E-state index contributed by atoms with van der Waals surface area (Å²) in [7, 11) is 0. The third-order valence-electron chi connectivity index (χ3n) is 1.10. The highest BCUT2D eigenvalue weighted by atomic mass is 16.6. The largest absolute Gasteiger partial charge is 0.505 e. The van der Waals surface area contributed by atoms with Crippen LogP contribution in [0.25, 0.3) is 0 Å². The van der Waals surface area contributed by atoms with E-state index < -0.39 is 17.8 Å². The number of carbonyl (C=O) groups is 1. The van der Waals surface area contributed by atoms with E-state index >= 15 is 0 Å². The van der Waals surface area contributed by atoms with E-state index in [1.165, 1.54) is 6.92 Å². The Labute approximate surface area is 65.1 Å². The van der Waals surface area contributed by atoms with Crippen molar-refractivity contribution in [1.29, 1.82) is 0 Å². The highest BCUT2D eigenvalue weighted by Crippen LogP contribution is 2.16. The molecule has 2 N–H and O–H groups in total. The van der Waals surface area contributed by atoms with Gasteiger partial charge in [0.05, 0.1) is 0 Å². The van der Waals surface area contributed by atoms with Crippen molar-refractivity contribution in [2.24, 2.45) is 0 Å². The molecule has 1 rings (SSSR count). The third kappa shape index (κ3) is 1.86. The maximum absolute atomic E-state index is 10.3. The first-order chi connectivity index (χ1) is 5.13. The lowest BCUT2D eigenvalue weighted by Gasteiger charge is -1.98. The van der Waals surface area contributed by atoms with Crippen LogP contribution in [0.2, 0.25) is 0 Å². The van der Waals surface area contributed by atoms with E-state index in [2.05, 4.69) is 4.74 Å². The smallest absolute Gasteiger partial charge is 0.377 e. The molecule has 0 saturated carbocycles. The van der Waals surface area contributed by atoms with Crippen LogP contribution in [-0.2, 0) is 9.53 Å². The number of esters is 1. The summed E-state index contributed by atoms with van der Waals surface area (Å²) in [5, 5.41) is 17.3. The molecule has 0 bridgehead atoms. The van der Waals surface area contributed by atoms with Crippen LogP contribution in [0.1, 0.15) is 20.8 Å². The van der Waals surface area contributed by atoms with Crippen molar-refractivity contribution in [2.45, 2.75) is 26.9 Å². The molecule has 0 aromatic rings. The first kappa shape index (κ1) is 9.81. The van der Waals surface area contributed by atoms with Gasteiger partial charge < -0.3 is 14.9 Å². The Morgan fingerprint density at radius 2 is 1.82 bits per heavy atom. The summed E-state index contributed by atoms with van der Waals surface area (Å²) in [6.45, 7) is 5.47. The van der Waals surface area contributed by atoms with Gasteiger partial charge in [0.1, 0.15) is 0 Å². The Balaban J connectivity index is 0.000000461. The molecule has 1 heterocycles. The van der Waals surface area contributed by atoms with Gasteiger partial charge in [0.2, 0.25) is 5.76 Å². The van der Waals surface area contributed by atoms with Gasteiger partial charge in [-0.15, -0.1) is 0 Å². The first-order valence-corrected chi connectivity index (χ1v) is 3.46. The molecule has 4 nitrogen and oxygen atoms in total. The molecule has 0 aliphatic carbocycles. The molecule has 64 valence electrons. The van der Waals surface area contributed by atoms with E-state index in [9.17, 15) is 4.79 Å². The molecule has 0 aromatic heterocycles. The molecule has 11 heavy (non-hydrogen) atoms. The highest BCUT2D eigenvalue weighted by Gasteiger charge is 2.30. The average molecular weight is 160 g/mol. The Hall–Kier alpha value is -1.19. The topological polar surface area (TPSA) is 66.8 Å². The van der Waals surface area contributed by atoms with Crippen LogP contribution in [0.15, 0.2) is 11.5 Å². The van der Waals surface area contributed by atoms with E-state index in [0.717, 1.165) is 0 Å². The molecular formula is C7H12O4. The Bertz CT molecular complexity index is 183. The summed E-state index contributed by atoms with van der Waals surface area (Å²) in [6.07, 6.45) is -0.697. The Morgan fingerprint density at radius 3 is 1.91 bits per heavy atom. The van der Waals surface area contributed by atoms with Gasteiger partial charge >= 0.3 is 5.97 Å². The molecule has 0 amide bonds. The number of hydrogen-bond acceptors (Lipinski definition) is 4. The van der Waals surface area contributed by atoms with Gasteiger partial charge in [-0.05, 0) is 6.92 Å². The molecule has 0 radical (unpaired) electrons. The van der Waals surface area contributed by atoms with Crippen molar-refractivity contribution in [3.05, 3.63) is 11.5 Å². The highest BCUT2D eigenvalue weighted by molar-refractivity contribution is 5.88. The van der Waals surface area contributed by atoms with Gasteiger partial charge in [-0.1, -0.05) is 13.8 Å². The van der Waals surface area contributed by atoms with Crippen LogP contribution in [0.4, 0.5) is 0 Å². The molecule has 0 saturated heterocycles. The second-order valence-electron chi connectivity index (χ2n) is 1.78. The van der Waals surface area contributed by atoms with E-state index in [4.69, 9.17) is 10.2 Å². The monoisotopic (exact) mass is 160 g/mol. The van der Waals surface area contributed by atoms with E-state index in [-0.39, 0.29) is 5.76 Å². The van der Waals surface area contributed by atoms with Crippen molar-refractivity contribution in [2.75, 3.05) is 0 Å². The number of cyclic esters (lactones) is 1. The number of hydrogen-bond donors (Lipinski definition) is 2. The van der Waals surface area contributed by atoms with E-state index in [1.807, 2.05) is 13.8 Å². The van der Waals surface area contributed by atoms with Gasteiger partial charge in [-0.25, -0.2) is 4.79 Å². The molecule has 0 spiro atoms. The maximum Gasteiger partial charge on any atom is 0.377 e. The van der Waals surface area contributed by atoms with Gasteiger partial charge in [0.15, 0.2) is 11.9 Å². The van der Waals surface area contributed by atoms with Crippen molar-refractivity contribution < 1.29 is 19.7 Å². The second-order valence-corrected chi connectivity index (χ2v) is 1.78. The summed E-state index contributed by atoms with van der Waals surface area (Å²) in [4.78, 5) is 10.3. The Kier molecular flexibility index (Phi) is 3.44. The third-order valence-corrected chi connectivity index (χ3v) is 1.10. The molecular weight excluding hydrogens is 148 g/mol. The normalized spacial score (nSPS) is 22.5. The van der Waals surface area contributed by atoms with Gasteiger partial charge in [0, 0.05) is 0 Å². The lowest BCUT2D eigenvalue weighted by Crippen LogP contribution is -2.05. The molecule has 1 unspecified atom stereocenters. The van der Waals surface area contributed by atoms with Crippen LogP contribution in [0, 0.1) is 0 Å². The fourth-order valence-electron chi connectivity index (χ4n) is 0.569. The summed E-state index contributed by atoms with van der Waals surface area (Å²) in [5.74, 6) is -1.93. The number of carbonyl (C=O) groups excluding carboxylic acids is 1. The summed E-state index contributed by atoms with van der Waals surface area (Å²) in [5.41, 5.74) is 0. The van der Waals surface area contributed by atoms with Crippen LogP contribution in [0.5, 0.6) is 0 Å².